The van der Waals surface area contributed by atoms with E-state index in [4.69, 9.17) is 4.42 Å². The first-order chi connectivity index (χ1) is 11.9. The Morgan fingerprint density at radius 2 is 2.04 bits per heavy atom. The van der Waals surface area contributed by atoms with Crippen molar-refractivity contribution in [3.05, 3.63) is 70.6 Å². The van der Waals surface area contributed by atoms with Crippen molar-refractivity contribution in [3.63, 3.8) is 0 Å². The summed E-state index contributed by atoms with van der Waals surface area (Å²) in [6.45, 7) is 0. The standard InChI is InChI=1S/C17H14N4OS2/c1-2-5-12(6-3-1)14-10-18-16(22-14)11-24-17-19-15(20-21-17)9-13-7-4-8-23-13/h1-8,10H,9,11H2,(H,19,20,21). The number of benzene rings is 1. The molecule has 0 radical (unpaired) electrons. The third-order valence-corrected chi connectivity index (χ3v) is 5.08. The minimum Gasteiger partial charge on any atom is -0.440 e. The predicted molar refractivity (Wildman–Crippen MR) is 95.0 cm³/mol. The van der Waals surface area contributed by atoms with E-state index >= 15 is 0 Å². The molecule has 3 heterocycles. The lowest BCUT2D eigenvalue weighted by molar-refractivity contribution is 0.530. The third kappa shape index (κ3) is 3.58. The smallest absolute Gasteiger partial charge is 0.208 e. The molecule has 24 heavy (non-hydrogen) atoms. The van der Waals surface area contributed by atoms with Gasteiger partial charge in [0.25, 0.3) is 0 Å². The van der Waals surface area contributed by atoms with Crippen molar-refractivity contribution in [2.75, 3.05) is 0 Å². The molecule has 0 saturated heterocycles. The Morgan fingerprint density at radius 3 is 2.88 bits per heavy atom. The van der Waals surface area contributed by atoms with Crippen LogP contribution in [0.25, 0.3) is 11.3 Å². The van der Waals surface area contributed by atoms with E-state index < -0.39 is 0 Å². The Morgan fingerprint density at radius 1 is 1.12 bits per heavy atom. The van der Waals surface area contributed by atoms with Crippen molar-refractivity contribution < 1.29 is 4.42 Å². The lowest BCUT2D eigenvalue weighted by atomic mass is 10.2. The number of rotatable bonds is 6. The molecule has 0 aliphatic heterocycles. The predicted octanol–water partition coefficient (Wildman–Crippen LogP) is 4.40. The second-order valence-corrected chi connectivity index (χ2v) is 7.07. The van der Waals surface area contributed by atoms with E-state index in [1.54, 1.807) is 17.5 Å². The molecule has 1 aromatic carbocycles. The van der Waals surface area contributed by atoms with Crippen LogP contribution in [0.15, 0.2) is 63.6 Å². The van der Waals surface area contributed by atoms with Crippen molar-refractivity contribution >= 4 is 23.1 Å². The van der Waals surface area contributed by atoms with Crippen LogP contribution in [0.5, 0.6) is 0 Å². The van der Waals surface area contributed by atoms with Crippen LogP contribution in [0.3, 0.4) is 0 Å². The van der Waals surface area contributed by atoms with Gasteiger partial charge in [-0.2, -0.15) is 0 Å². The van der Waals surface area contributed by atoms with Gasteiger partial charge in [0.2, 0.25) is 11.0 Å². The topological polar surface area (TPSA) is 67.6 Å². The summed E-state index contributed by atoms with van der Waals surface area (Å²) in [6.07, 6.45) is 2.54. The number of thioether (sulfide) groups is 1. The first kappa shape index (κ1) is 15.2. The Labute approximate surface area is 147 Å². The summed E-state index contributed by atoms with van der Waals surface area (Å²) < 4.78 is 5.79. The molecule has 1 N–H and O–H groups in total. The van der Waals surface area contributed by atoms with Gasteiger partial charge in [-0.15, -0.1) is 16.4 Å². The molecule has 0 amide bonds. The van der Waals surface area contributed by atoms with Gasteiger partial charge in [-0.05, 0) is 11.4 Å². The van der Waals surface area contributed by atoms with E-state index in [1.807, 2.05) is 36.4 Å². The maximum absolute atomic E-state index is 5.79. The summed E-state index contributed by atoms with van der Waals surface area (Å²) in [5.41, 5.74) is 1.03. The Balaban J connectivity index is 1.37. The molecule has 0 atom stereocenters. The molecule has 3 aromatic heterocycles. The van der Waals surface area contributed by atoms with Crippen LogP contribution in [0.4, 0.5) is 0 Å². The number of aromatic amines is 1. The van der Waals surface area contributed by atoms with E-state index in [-0.39, 0.29) is 0 Å². The zero-order chi connectivity index (χ0) is 16.2. The number of thiophene rings is 1. The zero-order valence-electron chi connectivity index (χ0n) is 12.7. The lowest BCUT2D eigenvalue weighted by Gasteiger charge is -1.95. The minimum atomic E-state index is 0.600. The van der Waals surface area contributed by atoms with Crippen LogP contribution >= 0.6 is 23.1 Å². The van der Waals surface area contributed by atoms with Gasteiger partial charge < -0.3 is 4.42 Å². The van der Waals surface area contributed by atoms with Crippen molar-refractivity contribution in [2.24, 2.45) is 0 Å². The molecule has 0 aliphatic carbocycles. The Bertz CT molecular complexity index is 900. The minimum absolute atomic E-state index is 0.600. The van der Waals surface area contributed by atoms with Crippen molar-refractivity contribution in [1.82, 2.24) is 20.2 Å². The summed E-state index contributed by atoms with van der Waals surface area (Å²) in [6, 6.07) is 14.1. The van der Waals surface area contributed by atoms with E-state index in [1.165, 1.54) is 16.6 Å². The zero-order valence-corrected chi connectivity index (χ0v) is 14.3. The van der Waals surface area contributed by atoms with Crippen LogP contribution < -0.4 is 0 Å². The van der Waals surface area contributed by atoms with Gasteiger partial charge in [0.15, 0.2) is 5.76 Å². The quantitative estimate of drug-likeness (QED) is 0.520. The number of hydrogen-bond acceptors (Lipinski definition) is 6. The summed E-state index contributed by atoms with van der Waals surface area (Å²) in [4.78, 5) is 10.1. The van der Waals surface area contributed by atoms with Gasteiger partial charge in [0, 0.05) is 16.9 Å². The molecular weight excluding hydrogens is 340 g/mol. The highest BCUT2D eigenvalue weighted by Gasteiger charge is 2.10. The van der Waals surface area contributed by atoms with Crippen molar-refractivity contribution in [1.29, 1.82) is 0 Å². The largest absolute Gasteiger partial charge is 0.440 e. The fourth-order valence-corrected chi connectivity index (χ4v) is 3.62. The maximum Gasteiger partial charge on any atom is 0.208 e. The van der Waals surface area contributed by atoms with Crippen LogP contribution in [0.2, 0.25) is 0 Å². The summed E-state index contributed by atoms with van der Waals surface area (Å²) in [5, 5.41) is 10.00. The highest BCUT2D eigenvalue weighted by Crippen LogP contribution is 2.24. The molecule has 0 bridgehead atoms. The molecular formula is C17H14N4OS2. The van der Waals surface area contributed by atoms with Crippen LogP contribution in [-0.2, 0) is 12.2 Å². The molecule has 5 nitrogen and oxygen atoms in total. The summed E-state index contributed by atoms with van der Waals surface area (Å²) in [5.74, 6) is 2.92. The van der Waals surface area contributed by atoms with E-state index in [9.17, 15) is 0 Å². The molecule has 4 rings (SSSR count). The first-order valence-electron chi connectivity index (χ1n) is 7.43. The van der Waals surface area contributed by atoms with Gasteiger partial charge in [-0.1, -0.05) is 48.2 Å². The highest BCUT2D eigenvalue weighted by molar-refractivity contribution is 7.98. The molecule has 0 spiro atoms. The molecule has 0 aliphatic rings. The van der Waals surface area contributed by atoms with Gasteiger partial charge in [0.1, 0.15) is 5.82 Å². The van der Waals surface area contributed by atoms with Crippen molar-refractivity contribution in [3.8, 4) is 11.3 Å². The third-order valence-electron chi connectivity index (χ3n) is 3.37. The fourth-order valence-electron chi connectivity index (χ4n) is 2.24. The van der Waals surface area contributed by atoms with Crippen molar-refractivity contribution in [2.45, 2.75) is 17.3 Å². The van der Waals surface area contributed by atoms with E-state index in [2.05, 4.69) is 31.6 Å². The average Bonchev–Trinajstić information content (AvgIpc) is 3.36. The second kappa shape index (κ2) is 7.02. The van der Waals surface area contributed by atoms with Crippen LogP contribution in [0.1, 0.15) is 16.6 Å². The number of hydrogen-bond donors (Lipinski definition) is 1. The SMILES string of the molecule is c1ccc(-c2cnc(CSc3n[nH]c(Cc4cccs4)n3)o2)cc1. The van der Waals surface area contributed by atoms with E-state index in [0.29, 0.717) is 16.8 Å². The first-order valence-corrected chi connectivity index (χ1v) is 9.30. The molecule has 0 fully saturated rings. The monoisotopic (exact) mass is 354 g/mol. The summed E-state index contributed by atoms with van der Waals surface area (Å²) >= 11 is 3.23. The van der Waals surface area contributed by atoms with Gasteiger partial charge in [0.05, 0.1) is 11.9 Å². The lowest BCUT2D eigenvalue weighted by Crippen LogP contribution is -1.87. The number of nitrogens with one attached hydrogen (secondary N) is 1. The Hall–Kier alpha value is -2.38. The van der Waals surface area contributed by atoms with Crippen LogP contribution in [0, 0.1) is 0 Å². The number of nitrogens with zero attached hydrogens (tertiary/aromatic N) is 3. The fraction of sp³-hybridized carbons (Fsp3) is 0.118. The Kier molecular flexibility index (Phi) is 4.44. The molecule has 7 heteroatoms. The highest BCUT2D eigenvalue weighted by atomic mass is 32.2. The molecule has 4 aromatic rings. The van der Waals surface area contributed by atoms with Gasteiger partial charge in [-0.3, -0.25) is 5.10 Å². The number of aromatic nitrogens is 4. The van der Waals surface area contributed by atoms with Gasteiger partial charge >= 0.3 is 0 Å². The average molecular weight is 354 g/mol. The van der Waals surface area contributed by atoms with E-state index in [0.717, 1.165) is 23.6 Å². The van der Waals surface area contributed by atoms with Gasteiger partial charge in [-0.25, -0.2) is 9.97 Å². The molecule has 0 saturated carbocycles. The summed E-state index contributed by atoms with van der Waals surface area (Å²) in [7, 11) is 0. The maximum atomic E-state index is 5.79. The molecule has 120 valence electrons. The molecule has 0 unspecified atom stereocenters. The normalized spacial score (nSPS) is 11.0. The second-order valence-electron chi connectivity index (χ2n) is 5.09. The number of H-pyrrole nitrogens is 1. The van der Waals surface area contributed by atoms with Crippen LogP contribution in [-0.4, -0.2) is 20.2 Å². The number of oxazole rings is 1.